The highest BCUT2D eigenvalue weighted by molar-refractivity contribution is 5.90. The molecule has 0 spiro atoms. The second kappa shape index (κ2) is 5.56. The molecule has 0 saturated carbocycles. The molecule has 5 nitrogen and oxygen atoms in total. The number of ether oxygens (including phenoxy) is 1. The van der Waals surface area contributed by atoms with Gasteiger partial charge in [0.15, 0.2) is 0 Å². The monoisotopic (exact) mass is 259 g/mol. The Morgan fingerprint density at radius 2 is 2.21 bits per heavy atom. The van der Waals surface area contributed by atoms with Crippen molar-refractivity contribution in [3.8, 4) is 0 Å². The Morgan fingerprint density at radius 1 is 1.42 bits per heavy atom. The molecule has 100 valence electrons. The number of nitrogens with two attached hydrogens (primary N) is 1. The van der Waals surface area contributed by atoms with Crippen molar-refractivity contribution in [2.75, 3.05) is 12.3 Å². The lowest BCUT2D eigenvalue weighted by atomic mass is 10.1. The van der Waals surface area contributed by atoms with Gasteiger partial charge in [-0.25, -0.2) is 9.78 Å². The van der Waals surface area contributed by atoms with Gasteiger partial charge >= 0.3 is 5.97 Å². The minimum Gasteiger partial charge on any atom is -0.460 e. The number of imidazole rings is 1. The maximum atomic E-state index is 11.8. The van der Waals surface area contributed by atoms with E-state index < -0.39 is 0 Å². The standard InChI is InChI=1S/C14H17N3O2/c1-10-9-12(3-4-13(10)15)14(18)19-8-7-17-6-5-16-11(17)2/h3-6,9H,7-8,15H2,1-2H3. The predicted molar refractivity (Wildman–Crippen MR) is 72.8 cm³/mol. The first-order valence-electron chi connectivity index (χ1n) is 6.09. The third kappa shape index (κ3) is 3.13. The molecular formula is C14H17N3O2. The van der Waals surface area contributed by atoms with Crippen molar-refractivity contribution < 1.29 is 9.53 Å². The number of benzene rings is 1. The Morgan fingerprint density at radius 3 is 2.84 bits per heavy atom. The molecule has 0 aliphatic carbocycles. The Balaban J connectivity index is 1.91. The average Bonchev–Trinajstić information content (AvgIpc) is 2.78. The van der Waals surface area contributed by atoms with Crippen LogP contribution < -0.4 is 5.73 Å². The van der Waals surface area contributed by atoms with E-state index in [0.717, 1.165) is 11.4 Å². The van der Waals surface area contributed by atoms with E-state index in [1.807, 2.05) is 24.6 Å². The van der Waals surface area contributed by atoms with E-state index in [1.54, 1.807) is 24.4 Å². The molecule has 1 heterocycles. The van der Waals surface area contributed by atoms with Crippen molar-refractivity contribution in [3.05, 3.63) is 47.5 Å². The van der Waals surface area contributed by atoms with Crippen molar-refractivity contribution in [1.82, 2.24) is 9.55 Å². The van der Waals surface area contributed by atoms with Crippen LogP contribution in [0.5, 0.6) is 0 Å². The number of carbonyl (C=O) groups is 1. The number of hydrogen-bond donors (Lipinski definition) is 1. The van der Waals surface area contributed by atoms with Gasteiger partial charge in [-0.15, -0.1) is 0 Å². The Hall–Kier alpha value is -2.30. The minimum absolute atomic E-state index is 0.319. The van der Waals surface area contributed by atoms with Crippen LogP contribution in [0, 0.1) is 13.8 Å². The summed E-state index contributed by atoms with van der Waals surface area (Å²) in [5.74, 6) is 0.570. The number of aryl methyl sites for hydroxylation is 2. The molecule has 2 N–H and O–H groups in total. The van der Waals surface area contributed by atoms with Crippen molar-refractivity contribution in [2.45, 2.75) is 20.4 Å². The average molecular weight is 259 g/mol. The molecule has 0 saturated heterocycles. The fraction of sp³-hybridized carbons (Fsp3) is 0.286. The number of hydrogen-bond acceptors (Lipinski definition) is 4. The quantitative estimate of drug-likeness (QED) is 0.673. The van der Waals surface area contributed by atoms with Crippen LogP contribution >= 0.6 is 0 Å². The molecule has 1 aromatic heterocycles. The van der Waals surface area contributed by atoms with Gasteiger partial charge < -0.3 is 15.0 Å². The van der Waals surface area contributed by atoms with Crippen LogP contribution in [0.4, 0.5) is 5.69 Å². The van der Waals surface area contributed by atoms with Crippen molar-refractivity contribution in [1.29, 1.82) is 0 Å². The first-order valence-corrected chi connectivity index (χ1v) is 6.09. The van der Waals surface area contributed by atoms with E-state index in [1.165, 1.54) is 0 Å². The molecule has 0 amide bonds. The summed E-state index contributed by atoms with van der Waals surface area (Å²) in [4.78, 5) is 15.9. The molecule has 2 aromatic rings. The van der Waals surface area contributed by atoms with E-state index in [9.17, 15) is 4.79 Å². The summed E-state index contributed by atoms with van der Waals surface area (Å²) in [5.41, 5.74) is 7.78. The largest absolute Gasteiger partial charge is 0.460 e. The lowest BCUT2D eigenvalue weighted by molar-refractivity contribution is 0.0490. The normalized spacial score (nSPS) is 10.4. The fourth-order valence-electron chi connectivity index (χ4n) is 1.76. The predicted octanol–water partition coefficient (Wildman–Crippen LogP) is 1.94. The zero-order valence-electron chi connectivity index (χ0n) is 11.1. The van der Waals surface area contributed by atoms with Gasteiger partial charge in [0.1, 0.15) is 12.4 Å². The molecule has 19 heavy (non-hydrogen) atoms. The van der Waals surface area contributed by atoms with Crippen LogP contribution in [0.25, 0.3) is 0 Å². The second-order valence-corrected chi connectivity index (χ2v) is 4.38. The van der Waals surface area contributed by atoms with Gasteiger partial charge in [0.05, 0.1) is 12.1 Å². The van der Waals surface area contributed by atoms with Crippen molar-refractivity contribution in [2.24, 2.45) is 0 Å². The summed E-state index contributed by atoms with van der Waals surface area (Å²) < 4.78 is 7.15. The summed E-state index contributed by atoms with van der Waals surface area (Å²) in [6.07, 6.45) is 3.58. The van der Waals surface area contributed by atoms with E-state index in [4.69, 9.17) is 10.5 Å². The van der Waals surface area contributed by atoms with E-state index in [-0.39, 0.29) is 5.97 Å². The topological polar surface area (TPSA) is 70.1 Å². The number of nitrogen functional groups attached to an aromatic ring is 1. The molecule has 2 rings (SSSR count). The van der Waals surface area contributed by atoms with E-state index in [0.29, 0.717) is 24.4 Å². The lowest BCUT2D eigenvalue weighted by Crippen LogP contribution is -2.12. The van der Waals surface area contributed by atoms with Crippen LogP contribution in [0.2, 0.25) is 0 Å². The van der Waals surface area contributed by atoms with Gasteiger partial charge in [-0.05, 0) is 37.6 Å². The lowest BCUT2D eigenvalue weighted by Gasteiger charge is -2.08. The van der Waals surface area contributed by atoms with Crippen LogP contribution in [0.3, 0.4) is 0 Å². The number of aromatic nitrogens is 2. The number of carbonyl (C=O) groups excluding carboxylic acids is 1. The zero-order chi connectivity index (χ0) is 13.8. The Labute approximate surface area is 112 Å². The third-order valence-electron chi connectivity index (χ3n) is 2.99. The van der Waals surface area contributed by atoms with Gasteiger partial charge in [0, 0.05) is 18.1 Å². The zero-order valence-corrected chi connectivity index (χ0v) is 11.1. The van der Waals surface area contributed by atoms with Crippen molar-refractivity contribution in [3.63, 3.8) is 0 Å². The highest BCUT2D eigenvalue weighted by Gasteiger charge is 2.08. The van der Waals surface area contributed by atoms with E-state index in [2.05, 4.69) is 4.98 Å². The van der Waals surface area contributed by atoms with Gasteiger partial charge in [-0.3, -0.25) is 0 Å². The smallest absolute Gasteiger partial charge is 0.338 e. The van der Waals surface area contributed by atoms with Crippen LogP contribution in [0.1, 0.15) is 21.7 Å². The van der Waals surface area contributed by atoms with Gasteiger partial charge in [-0.2, -0.15) is 0 Å². The number of esters is 1. The van der Waals surface area contributed by atoms with Gasteiger partial charge in [0.2, 0.25) is 0 Å². The first kappa shape index (κ1) is 13.1. The first-order chi connectivity index (χ1) is 9.08. The second-order valence-electron chi connectivity index (χ2n) is 4.38. The highest BCUT2D eigenvalue weighted by atomic mass is 16.5. The summed E-state index contributed by atoms with van der Waals surface area (Å²) in [6.45, 7) is 4.69. The Kier molecular flexibility index (Phi) is 3.85. The van der Waals surface area contributed by atoms with Gasteiger partial charge in [0.25, 0.3) is 0 Å². The Bertz CT molecular complexity index is 590. The molecule has 0 radical (unpaired) electrons. The fourth-order valence-corrected chi connectivity index (χ4v) is 1.76. The summed E-state index contributed by atoms with van der Waals surface area (Å²) in [5, 5.41) is 0. The van der Waals surface area contributed by atoms with E-state index >= 15 is 0 Å². The number of rotatable bonds is 4. The maximum Gasteiger partial charge on any atom is 0.338 e. The summed E-state index contributed by atoms with van der Waals surface area (Å²) >= 11 is 0. The third-order valence-corrected chi connectivity index (χ3v) is 2.99. The SMILES string of the molecule is Cc1cc(C(=O)OCCn2ccnc2C)ccc1N. The molecule has 5 heteroatoms. The highest BCUT2D eigenvalue weighted by Crippen LogP contribution is 2.13. The molecular weight excluding hydrogens is 242 g/mol. The van der Waals surface area contributed by atoms with Crippen LogP contribution in [-0.2, 0) is 11.3 Å². The molecule has 0 bridgehead atoms. The molecule has 0 unspecified atom stereocenters. The molecule has 0 aliphatic heterocycles. The van der Waals surface area contributed by atoms with Crippen LogP contribution in [0.15, 0.2) is 30.6 Å². The van der Waals surface area contributed by atoms with Gasteiger partial charge in [-0.1, -0.05) is 0 Å². The van der Waals surface area contributed by atoms with Crippen molar-refractivity contribution >= 4 is 11.7 Å². The summed E-state index contributed by atoms with van der Waals surface area (Å²) in [6, 6.07) is 5.12. The minimum atomic E-state index is -0.333. The number of anilines is 1. The maximum absolute atomic E-state index is 11.8. The molecule has 0 aliphatic rings. The summed E-state index contributed by atoms with van der Waals surface area (Å²) in [7, 11) is 0. The molecule has 1 aromatic carbocycles. The molecule has 0 fully saturated rings. The number of nitrogens with zero attached hydrogens (tertiary/aromatic N) is 2. The molecule has 0 atom stereocenters. The van der Waals surface area contributed by atoms with Crippen LogP contribution in [-0.4, -0.2) is 22.1 Å².